The highest BCUT2D eigenvalue weighted by Gasteiger charge is 2.34. The van der Waals surface area contributed by atoms with Gasteiger partial charge in [-0.2, -0.15) is 4.31 Å². The minimum Gasteiger partial charge on any atom is -0.352 e. The van der Waals surface area contributed by atoms with Crippen LogP contribution in [0.5, 0.6) is 0 Å². The van der Waals surface area contributed by atoms with E-state index in [0.29, 0.717) is 15.6 Å². The van der Waals surface area contributed by atoms with Crippen LogP contribution in [0.1, 0.15) is 42.4 Å². The summed E-state index contributed by atoms with van der Waals surface area (Å²) in [6.07, 6.45) is 4.11. The number of amides is 2. The van der Waals surface area contributed by atoms with Crippen LogP contribution in [0, 0.1) is 6.92 Å². The second kappa shape index (κ2) is 13.8. The minimum absolute atomic E-state index is 0.00282. The van der Waals surface area contributed by atoms with Gasteiger partial charge in [-0.25, -0.2) is 8.42 Å². The molecule has 0 aromatic heterocycles. The predicted octanol–water partition coefficient (Wildman–Crippen LogP) is 5.62. The summed E-state index contributed by atoms with van der Waals surface area (Å²) in [5.41, 5.74) is 2.39. The van der Waals surface area contributed by atoms with Crippen molar-refractivity contribution in [2.45, 2.75) is 62.6 Å². The number of rotatable bonds is 11. The molecule has 7 nitrogen and oxygen atoms in total. The lowest BCUT2D eigenvalue weighted by Gasteiger charge is -2.33. The Bertz CT molecular complexity index is 1460. The molecule has 1 fully saturated rings. The van der Waals surface area contributed by atoms with Gasteiger partial charge in [0, 0.05) is 36.1 Å². The van der Waals surface area contributed by atoms with E-state index in [9.17, 15) is 18.0 Å². The molecule has 1 N–H and O–H groups in total. The van der Waals surface area contributed by atoms with E-state index < -0.39 is 28.5 Å². The van der Waals surface area contributed by atoms with Crippen LogP contribution in [0.25, 0.3) is 0 Å². The maximum Gasteiger partial charge on any atom is 0.243 e. The molecule has 0 heterocycles. The van der Waals surface area contributed by atoms with Crippen LogP contribution in [0.2, 0.25) is 10.0 Å². The fourth-order valence-electron chi connectivity index (χ4n) is 5.01. The molecule has 1 saturated carbocycles. The van der Waals surface area contributed by atoms with Gasteiger partial charge in [-0.3, -0.25) is 9.59 Å². The van der Waals surface area contributed by atoms with Gasteiger partial charge in [0.05, 0.1) is 11.4 Å². The fraction of sp³-hybridized carbons (Fsp3) is 0.355. The van der Waals surface area contributed by atoms with E-state index in [-0.39, 0.29) is 29.8 Å². The van der Waals surface area contributed by atoms with E-state index >= 15 is 0 Å². The Morgan fingerprint density at radius 2 is 1.63 bits per heavy atom. The Kier molecular flexibility index (Phi) is 10.5. The van der Waals surface area contributed by atoms with Crippen LogP contribution in [-0.4, -0.2) is 55.1 Å². The van der Waals surface area contributed by atoms with Gasteiger partial charge in [0.1, 0.15) is 6.04 Å². The molecule has 0 bridgehead atoms. The zero-order chi connectivity index (χ0) is 29.6. The van der Waals surface area contributed by atoms with Gasteiger partial charge in [0.2, 0.25) is 21.8 Å². The average Bonchev–Trinajstić information content (AvgIpc) is 3.45. The first-order valence-electron chi connectivity index (χ1n) is 13.7. The number of nitrogens with zero attached hydrogens (tertiary/aromatic N) is 2. The van der Waals surface area contributed by atoms with E-state index in [1.54, 1.807) is 30.3 Å². The van der Waals surface area contributed by atoms with Crippen LogP contribution in [0.3, 0.4) is 0 Å². The predicted molar refractivity (Wildman–Crippen MR) is 162 cm³/mol. The van der Waals surface area contributed by atoms with Crippen molar-refractivity contribution in [3.05, 3.63) is 99.5 Å². The number of hydrogen-bond donors (Lipinski definition) is 1. The molecule has 0 spiro atoms. The number of nitrogens with one attached hydrogen (secondary N) is 1. The Labute approximate surface area is 252 Å². The van der Waals surface area contributed by atoms with Crippen LogP contribution >= 0.6 is 23.2 Å². The average molecular weight is 617 g/mol. The zero-order valence-electron chi connectivity index (χ0n) is 23.2. The van der Waals surface area contributed by atoms with Crippen molar-refractivity contribution in [2.24, 2.45) is 0 Å². The van der Waals surface area contributed by atoms with Crippen LogP contribution in [-0.2, 0) is 32.6 Å². The van der Waals surface area contributed by atoms with Crippen LogP contribution < -0.4 is 5.32 Å². The number of carbonyl (C=O) groups is 2. The summed E-state index contributed by atoms with van der Waals surface area (Å²) in [6, 6.07) is 20.0. The molecule has 4 rings (SSSR count). The summed E-state index contributed by atoms with van der Waals surface area (Å²) in [5, 5.41) is 3.94. The first-order chi connectivity index (χ1) is 19.5. The highest BCUT2D eigenvalue weighted by atomic mass is 35.5. The molecule has 10 heteroatoms. The molecule has 1 unspecified atom stereocenters. The summed E-state index contributed by atoms with van der Waals surface area (Å²) in [7, 11) is -2.59. The summed E-state index contributed by atoms with van der Waals surface area (Å²) in [6.45, 7) is 1.42. The standard InChI is InChI=1S/C31H35Cl2N3O4S/c1-22-12-16-27(17-13-22)41(39,40)35(2)21-30(37)36(20-24-14-15-25(32)19-28(24)33)29(18-23-8-4-3-5-9-23)31(38)34-26-10-6-7-11-26/h3-5,8-9,12-17,19,26,29H,6-7,10-11,18,20-21H2,1-2H3,(H,34,38). The third kappa shape index (κ3) is 8.10. The lowest BCUT2D eigenvalue weighted by atomic mass is 10.0. The molecule has 0 radical (unpaired) electrons. The van der Waals surface area contributed by atoms with Crippen molar-refractivity contribution < 1.29 is 18.0 Å². The van der Waals surface area contributed by atoms with Crippen molar-refractivity contribution >= 4 is 45.0 Å². The molecule has 2 amide bonds. The van der Waals surface area contributed by atoms with Gasteiger partial charge in [0.25, 0.3) is 0 Å². The summed E-state index contributed by atoms with van der Waals surface area (Å²) < 4.78 is 27.7. The smallest absolute Gasteiger partial charge is 0.243 e. The van der Waals surface area contributed by atoms with E-state index in [1.807, 2.05) is 37.3 Å². The molecule has 0 aliphatic heterocycles. The number of carbonyl (C=O) groups excluding carboxylic acids is 2. The maximum atomic E-state index is 14.0. The molecule has 1 aliphatic carbocycles. The molecule has 218 valence electrons. The molecule has 0 saturated heterocycles. The monoisotopic (exact) mass is 615 g/mol. The second-order valence-electron chi connectivity index (χ2n) is 10.5. The number of sulfonamides is 1. The molecule has 1 atom stereocenters. The zero-order valence-corrected chi connectivity index (χ0v) is 25.6. The van der Waals surface area contributed by atoms with Gasteiger partial charge in [-0.05, 0) is 55.2 Å². The fourth-order valence-corrected chi connectivity index (χ4v) is 6.60. The maximum absolute atomic E-state index is 14.0. The number of halogens is 2. The third-order valence-electron chi connectivity index (χ3n) is 7.42. The molecular formula is C31H35Cl2N3O4S. The molecule has 3 aromatic rings. The van der Waals surface area contributed by atoms with Crippen molar-refractivity contribution in [2.75, 3.05) is 13.6 Å². The lowest BCUT2D eigenvalue weighted by Crippen LogP contribution is -2.54. The summed E-state index contributed by atoms with van der Waals surface area (Å²) in [4.78, 5) is 29.4. The Balaban J connectivity index is 1.68. The number of aryl methyl sites for hydroxylation is 1. The largest absolute Gasteiger partial charge is 0.352 e. The normalized spacial score (nSPS) is 14.7. The van der Waals surface area contributed by atoms with E-state index in [2.05, 4.69) is 5.32 Å². The lowest BCUT2D eigenvalue weighted by molar-refractivity contribution is -0.141. The SMILES string of the molecule is Cc1ccc(S(=O)(=O)N(C)CC(=O)N(Cc2ccc(Cl)cc2Cl)C(Cc2ccccc2)C(=O)NC2CCCC2)cc1. The van der Waals surface area contributed by atoms with Gasteiger partial charge >= 0.3 is 0 Å². The number of hydrogen-bond acceptors (Lipinski definition) is 4. The first-order valence-corrected chi connectivity index (χ1v) is 15.8. The minimum atomic E-state index is -3.95. The van der Waals surface area contributed by atoms with Crippen molar-refractivity contribution in [1.29, 1.82) is 0 Å². The van der Waals surface area contributed by atoms with Gasteiger partial charge < -0.3 is 10.2 Å². The van der Waals surface area contributed by atoms with Crippen molar-refractivity contribution in [3.63, 3.8) is 0 Å². The molecule has 41 heavy (non-hydrogen) atoms. The topological polar surface area (TPSA) is 86.8 Å². The molecule has 3 aromatic carbocycles. The number of likely N-dealkylation sites (N-methyl/N-ethyl adjacent to an activating group) is 1. The Morgan fingerprint density at radius 3 is 2.27 bits per heavy atom. The van der Waals surface area contributed by atoms with Crippen LogP contribution in [0.4, 0.5) is 0 Å². The van der Waals surface area contributed by atoms with E-state index in [0.717, 1.165) is 41.1 Å². The Hall–Kier alpha value is -2.91. The number of benzene rings is 3. The van der Waals surface area contributed by atoms with Crippen LogP contribution in [0.15, 0.2) is 77.7 Å². The van der Waals surface area contributed by atoms with Gasteiger partial charge in [-0.15, -0.1) is 0 Å². The Morgan fingerprint density at radius 1 is 0.976 bits per heavy atom. The highest BCUT2D eigenvalue weighted by Crippen LogP contribution is 2.25. The molecule has 1 aliphatic rings. The quantitative estimate of drug-likeness (QED) is 0.303. The first kappa shape index (κ1) is 31.0. The van der Waals surface area contributed by atoms with E-state index in [4.69, 9.17) is 23.2 Å². The summed E-state index contributed by atoms with van der Waals surface area (Å²) >= 11 is 12.6. The van der Waals surface area contributed by atoms with E-state index in [1.165, 1.54) is 24.1 Å². The van der Waals surface area contributed by atoms with Gasteiger partial charge in [0.15, 0.2) is 0 Å². The highest BCUT2D eigenvalue weighted by molar-refractivity contribution is 7.89. The van der Waals surface area contributed by atoms with Crippen molar-refractivity contribution in [1.82, 2.24) is 14.5 Å². The van der Waals surface area contributed by atoms with Gasteiger partial charge in [-0.1, -0.05) is 90.1 Å². The van der Waals surface area contributed by atoms with Crippen molar-refractivity contribution in [3.8, 4) is 0 Å². The summed E-state index contributed by atoms with van der Waals surface area (Å²) in [5.74, 6) is -0.792. The molecular weight excluding hydrogens is 581 g/mol. The second-order valence-corrected chi connectivity index (χ2v) is 13.4. The third-order valence-corrected chi connectivity index (χ3v) is 9.82.